The first-order valence-corrected chi connectivity index (χ1v) is 5.10. The molecule has 0 aromatic heterocycles. The minimum atomic E-state index is 0.246. The standard InChI is InChI=1S/C9H23N3O/c1-2-12-9(4-7-13)8-11-6-3-5-10/h9,11-13H,2-8,10H2,1H3/t9-/m0/s1. The van der Waals surface area contributed by atoms with Crippen LogP contribution in [0, 0.1) is 0 Å². The van der Waals surface area contributed by atoms with Crippen molar-refractivity contribution in [2.75, 3.05) is 32.8 Å². The second-order valence-electron chi connectivity index (χ2n) is 3.11. The Balaban J connectivity index is 3.33. The summed E-state index contributed by atoms with van der Waals surface area (Å²) in [5, 5.41) is 15.4. The van der Waals surface area contributed by atoms with Crippen LogP contribution in [0.4, 0.5) is 0 Å². The van der Waals surface area contributed by atoms with Gasteiger partial charge in [-0.2, -0.15) is 0 Å². The molecule has 0 saturated carbocycles. The van der Waals surface area contributed by atoms with Crippen LogP contribution in [-0.4, -0.2) is 43.9 Å². The normalized spacial score (nSPS) is 13.2. The number of aliphatic hydroxyl groups is 1. The van der Waals surface area contributed by atoms with E-state index in [1.807, 2.05) is 0 Å². The fourth-order valence-corrected chi connectivity index (χ4v) is 1.22. The molecule has 0 heterocycles. The van der Waals surface area contributed by atoms with Gasteiger partial charge in [0.1, 0.15) is 0 Å². The number of aliphatic hydroxyl groups excluding tert-OH is 1. The summed E-state index contributed by atoms with van der Waals surface area (Å²) in [6.07, 6.45) is 1.82. The maximum absolute atomic E-state index is 8.78. The molecule has 80 valence electrons. The van der Waals surface area contributed by atoms with Gasteiger partial charge >= 0.3 is 0 Å². The SMILES string of the molecule is CCN[C@@H](CCO)CNCCCN. The van der Waals surface area contributed by atoms with Gasteiger partial charge in [0.15, 0.2) is 0 Å². The number of nitrogens with one attached hydrogen (secondary N) is 2. The van der Waals surface area contributed by atoms with Gasteiger partial charge in [-0.3, -0.25) is 0 Å². The third-order valence-corrected chi connectivity index (χ3v) is 1.92. The van der Waals surface area contributed by atoms with E-state index in [1.54, 1.807) is 0 Å². The lowest BCUT2D eigenvalue weighted by atomic mass is 10.2. The van der Waals surface area contributed by atoms with E-state index < -0.39 is 0 Å². The maximum atomic E-state index is 8.78. The van der Waals surface area contributed by atoms with Crippen molar-refractivity contribution in [3.63, 3.8) is 0 Å². The third-order valence-electron chi connectivity index (χ3n) is 1.92. The molecule has 4 heteroatoms. The van der Waals surface area contributed by atoms with E-state index in [2.05, 4.69) is 17.6 Å². The van der Waals surface area contributed by atoms with E-state index >= 15 is 0 Å². The highest BCUT2D eigenvalue weighted by Crippen LogP contribution is 1.88. The molecule has 0 aliphatic heterocycles. The van der Waals surface area contributed by atoms with Gasteiger partial charge in [0.2, 0.25) is 0 Å². The highest BCUT2D eigenvalue weighted by Gasteiger charge is 2.04. The molecule has 0 saturated heterocycles. The van der Waals surface area contributed by atoms with E-state index in [0.717, 1.165) is 39.0 Å². The van der Waals surface area contributed by atoms with Gasteiger partial charge in [-0.05, 0) is 32.5 Å². The lowest BCUT2D eigenvalue weighted by Crippen LogP contribution is -2.39. The van der Waals surface area contributed by atoms with Gasteiger partial charge in [0, 0.05) is 19.2 Å². The summed E-state index contributed by atoms with van der Waals surface area (Å²) in [4.78, 5) is 0. The Morgan fingerprint density at radius 1 is 1.46 bits per heavy atom. The second-order valence-corrected chi connectivity index (χ2v) is 3.11. The van der Waals surface area contributed by atoms with Crippen molar-refractivity contribution < 1.29 is 5.11 Å². The molecule has 5 N–H and O–H groups in total. The predicted molar refractivity (Wildman–Crippen MR) is 55.7 cm³/mol. The predicted octanol–water partition coefficient (Wildman–Crippen LogP) is -0.715. The molecule has 0 aliphatic rings. The zero-order chi connectivity index (χ0) is 9.94. The number of hydrogen-bond acceptors (Lipinski definition) is 4. The van der Waals surface area contributed by atoms with Gasteiger partial charge in [-0.15, -0.1) is 0 Å². The molecule has 0 radical (unpaired) electrons. The summed E-state index contributed by atoms with van der Waals surface area (Å²) in [7, 11) is 0. The fourth-order valence-electron chi connectivity index (χ4n) is 1.22. The number of hydrogen-bond donors (Lipinski definition) is 4. The summed E-state index contributed by atoms with van der Waals surface area (Å²) in [5.41, 5.74) is 5.37. The minimum Gasteiger partial charge on any atom is -0.396 e. The molecule has 0 fully saturated rings. The zero-order valence-electron chi connectivity index (χ0n) is 8.55. The van der Waals surface area contributed by atoms with Crippen molar-refractivity contribution in [2.24, 2.45) is 5.73 Å². The van der Waals surface area contributed by atoms with Crippen LogP contribution in [0.3, 0.4) is 0 Å². The largest absolute Gasteiger partial charge is 0.396 e. The quantitative estimate of drug-likeness (QED) is 0.362. The Bertz CT molecular complexity index is 94.9. The van der Waals surface area contributed by atoms with Crippen LogP contribution >= 0.6 is 0 Å². The van der Waals surface area contributed by atoms with Gasteiger partial charge in [-0.25, -0.2) is 0 Å². The van der Waals surface area contributed by atoms with Crippen LogP contribution in [0.5, 0.6) is 0 Å². The summed E-state index contributed by atoms with van der Waals surface area (Å²) in [6, 6.07) is 0.382. The first-order valence-electron chi connectivity index (χ1n) is 5.10. The molecule has 0 unspecified atom stereocenters. The van der Waals surface area contributed by atoms with Gasteiger partial charge < -0.3 is 21.5 Å². The molecular formula is C9H23N3O. The topological polar surface area (TPSA) is 70.3 Å². The average molecular weight is 189 g/mol. The fraction of sp³-hybridized carbons (Fsp3) is 1.00. The Morgan fingerprint density at radius 3 is 2.77 bits per heavy atom. The van der Waals surface area contributed by atoms with Crippen molar-refractivity contribution in [3.05, 3.63) is 0 Å². The van der Waals surface area contributed by atoms with Crippen molar-refractivity contribution in [1.82, 2.24) is 10.6 Å². The lowest BCUT2D eigenvalue weighted by Gasteiger charge is -2.17. The highest BCUT2D eigenvalue weighted by molar-refractivity contribution is 4.68. The molecule has 0 aromatic carbocycles. The average Bonchev–Trinajstić information content (AvgIpc) is 2.13. The van der Waals surface area contributed by atoms with E-state index in [0.29, 0.717) is 6.04 Å². The van der Waals surface area contributed by atoms with E-state index in [4.69, 9.17) is 10.8 Å². The van der Waals surface area contributed by atoms with Crippen molar-refractivity contribution in [2.45, 2.75) is 25.8 Å². The zero-order valence-corrected chi connectivity index (χ0v) is 8.55. The molecular weight excluding hydrogens is 166 g/mol. The number of likely N-dealkylation sites (N-methyl/N-ethyl adjacent to an activating group) is 1. The first-order chi connectivity index (χ1) is 6.35. The Labute approximate surface area is 80.9 Å². The Hall–Kier alpha value is -0.160. The maximum Gasteiger partial charge on any atom is 0.0446 e. The van der Waals surface area contributed by atoms with E-state index in [9.17, 15) is 0 Å². The number of rotatable bonds is 9. The van der Waals surface area contributed by atoms with Crippen LogP contribution in [0.15, 0.2) is 0 Å². The van der Waals surface area contributed by atoms with E-state index in [-0.39, 0.29) is 6.61 Å². The Morgan fingerprint density at radius 2 is 2.23 bits per heavy atom. The molecule has 1 atom stereocenters. The summed E-state index contributed by atoms with van der Waals surface area (Å²) in [6.45, 7) is 5.88. The van der Waals surface area contributed by atoms with Gasteiger partial charge in [-0.1, -0.05) is 6.92 Å². The smallest absolute Gasteiger partial charge is 0.0446 e. The lowest BCUT2D eigenvalue weighted by molar-refractivity contribution is 0.263. The molecule has 0 spiro atoms. The highest BCUT2D eigenvalue weighted by atomic mass is 16.3. The summed E-state index contributed by atoms with van der Waals surface area (Å²) >= 11 is 0. The molecule has 0 rings (SSSR count). The van der Waals surface area contributed by atoms with Crippen LogP contribution in [-0.2, 0) is 0 Å². The Kier molecular flexibility index (Phi) is 9.80. The molecule has 0 bridgehead atoms. The molecule has 13 heavy (non-hydrogen) atoms. The van der Waals surface area contributed by atoms with Crippen molar-refractivity contribution >= 4 is 0 Å². The van der Waals surface area contributed by atoms with E-state index in [1.165, 1.54) is 0 Å². The molecule has 0 amide bonds. The second kappa shape index (κ2) is 9.92. The van der Waals surface area contributed by atoms with Gasteiger partial charge in [0.25, 0.3) is 0 Å². The monoisotopic (exact) mass is 189 g/mol. The van der Waals surface area contributed by atoms with Crippen LogP contribution in [0.25, 0.3) is 0 Å². The molecule has 0 aliphatic carbocycles. The molecule has 0 aromatic rings. The summed E-state index contributed by atoms with van der Waals surface area (Å²) < 4.78 is 0. The number of nitrogens with two attached hydrogens (primary N) is 1. The minimum absolute atomic E-state index is 0.246. The van der Waals surface area contributed by atoms with Gasteiger partial charge in [0.05, 0.1) is 0 Å². The third kappa shape index (κ3) is 8.18. The van der Waals surface area contributed by atoms with Crippen LogP contribution in [0.2, 0.25) is 0 Å². The van der Waals surface area contributed by atoms with Crippen molar-refractivity contribution in [1.29, 1.82) is 0 Å². The van der Waals surface area contributed by atoms with Crippen LogP contribution < -0.4 is 16.4 Å². The first kappa shape index (κ1) is 12.8. The summed E-state index contributed by atoms with van der Waals surface area (Å²) in [5.74, 6) is 0. The molecule has 4 nitrogen and oxygen atoms in total. The van der Waals surface area contributed by atoms with Crippen LogP contribution in [0.1, 0.15) is 19.8 Å². The van der Waals surface area contributed by atoms with Crippen molar-refractivity contribution in [3.8, 4) is 0 Å².